The highest BCUT2D eigenvalue weighted by Crippen LogP contribution is 2.21. The molecule has 0 aromatic heterocycles. The summed E-state index contributed by atoms with van der Waals surface area (Å²) in [6, 6.07) is -1.58. The van der Waals surface area contributed by atoms with Crippen molar-refractivity contribution in [1.29, 1.82) is 0 Å². The van der Waals surface area contributed by atoms with Gasteiger partial charge >= 0.3 is 5.97 Å². The maximum Gasteiger partial charge on any atom is 0.326 e. The average Bonchev–Trinajstić information content (AvgIpc) is 2.79. The lowest BCUT2D eigenvalue weighted by Crippen LogP contribution is -2.49. The molecular formula is C11H20N2O5. The van der Waals surface area contributed by atoms with E-state index >= 15 is 0 Å². The van der Waals surface area contributed by atoms with Crippen molar-refractivity contribution in [2.24, 2.45) is 5.73 Å². The van der Waals surface area contributed by atoms with Crippen molar-refractivity contribution in [3.63, 3.8) is 0 Å². The molecule has 18 heavy (non-hydrogen) atoms. The Morgan fingerprint density at radius 2 is 2.17 bits per heavy atom. The number of nitrogens with zero attached hydrogens (tertiary/aromatic N) is 1. The van der Waals surface area contributed by atoms with Crippen LogP contribution in [0.2, 0.25) is 0 Å². The monoisotopic (exact) mass is 260 g/mol. The summed E-state index contributed by atoms with van der Waals surface area (Å²) in [5, 5.41) is 9.09. The summed E-state index contributed by atoms with van der Waals surface area (Å²) in [6.07, 6.45) is 0.425. The average molecular weight is 260 g/mol. The standard InChI is InChI=1S/C11H20N2O5/c1-17-4-3-8(12)10(14)13-6-7(18-2)5-9(13)11(15)16/h7-9H,3-6,12H2,1-2H3,(H,15,16). The van der Waals surface area contributed by atoms with Gasteiger partial charge in [0, 0.05) is 33.8 Å². The fraction of sp³-hybridized carbons (Fsp3) is 0.818. The van der Waals surface area contributed by atoms with Gasteiger partial charge in [-0.25, -0.2) is 4.79 Å². The van der Waals surface area contributed by atoms with Gasteiger partial charge in [0.15, 0.2) is 0 Å². The molecule has 0 spiro atoms. The Kier molecular flexibility index (Phi) is 5.52. The van der Waals surface area contributed by atoms with Crippen LogP contribution < -0.4 is 5.73 Å². The Labute approximate surface area is 106 Å². The van der Waals surface area contributed by atoms with E-state index in [0.29, 0.717) is 19.4 Å². The largest absolute Gasteiger partial charge is 0.480 e. The van der Waals surface area contributed by atoms with Gasteiger partial charge in [0.2, 0.25) is 5.91 Å². The van der Waals surface area contributed by atoms with E-state index in [0.717, 1.165) is 0 Å². The van der Waals surface area contributed by atoms with Crippen LogP contribution in [0.15, 0.2) is 0 Å². The summed E-state index contributed by atoms with van der Waals surface area (Å²) < 4.78 is 9.96. The number of likely N-dealkylation sites (tertiary alicyclic amines) is 1. The number of carboxylic acids is 1. The first-order chi connectivity index (χ1) is 8.51. The molecule has 1 fully saturated rings. The lowest BCUT2D eigenvalue weighted by Gasteiger charge is -2.24. The number of amides is 1. The van der Waals surface area contributed by atoms with Crippen molar-refractivity contribution in [3.8, 4) is 0 Å². The molecule has 1 aliphatic heterocycles. The predicted molar refractivity (Wildman–Crippen MR) is 63.0 cm³/mol. The van der Waals surface area contributed by atoms with Crippen LogP contribution >= 0.6 is 0 Å². The first-order valence-corrected chi connectivity index (χ1v) is 5.81. The highest BCUT2D eigenvalue weighted by molar-refractivity contribution is 5.87. The smallest absolute Gasteiger partial charge is 0.326 e. The number of carbonyl (C=O) groups excluding carboxylic acids is 1. The second-order valence-electron chi connectivity index (χ2n) is 4.33. The Morgan fingerprint density at radius 1 is 1.50 bits per heavy atom. The number of carboxylic acid groups (broad SMARTS) is 1. The van der Waals surface area contributed by atoms with Gasteiger partial charge in [0.25, 0.3) is 0 Å². The van der Waals surface area contributed by atoms with E-state index in [4.69, 9.17) is 20.3 Å². The predicted octanol–water partition coefficient (Wildman–Crippen LogP) is -0.949. The third-order valence-corrected chi connectivity index (χ3v) is 3.11. The molecular weight excluding hydrogens is 240 g/mol. The van der Waals surface area contributed by atoms with E-state index in [2.05, 4.69) is 0 Å². The summed E-state index contributed by atoms with van der Waals surface area (Å²) in [4.78, 5) is 24.4. The van der Waals surface area contributed by atoms with Gasteiger partial charge in [0.1, 0.15) is 6.04 Å². The fourth-order valence-corrected chi connectivity index (χ4v) is 2.03. The molecule has 0 aliphatic carbocycles. The molecule has 3 atom stereocenters. The summed E-state index contributed by atoms with van der Waals surface area (Å²) >= 11 is 0. The zero-order chi connectivity index (χ0) is 13.7. The van der Waals surface area contributed by atoms with E-state index in [1.165, 1.54) is 19.1 Å². The lowest BCUT2D eigenvalue weighted by atomic mass is 10.1. The van der Waals surface area contributed by atoms with E-state index in [1.54, 1.807) is 0 Å². The van der Waals surface area contributed by atoms with Crippen molar-refractivity contribution in [2.75, 3.05) is 27.4 Å². The van der Waals surface area contributed by atoms with Gasteiger partial charge in [-0.05, 0) is 6.42 Å². The SMILES string of the molecule is COCCC(N)C(=O)N1CC(OC)CC1C(=O)O. The second-order valence-corrected chi connectivity index (χ2v) is 4.33. The number of aliphatic carboxylic acids is 1. The Hall–Kier alpha value is -1.18. The summed E-state index contributed by atoms with van der Waals surface area (Å²) in [5.41, 5.74) is 5.73. The molecule has 1 heterocycles. The number of ether oxygens (including phenoxy) is 2. The zero-order valence-corrected chi connectivity index (χ0v) is 10.7. The van der Waals surface area contributed by atoms with Gasteiger partial charge in [-0.2, -0.15) is 0 Å². The van der Waals surface area contributed by atoms with E-state index in [1.807, 2.05) is 0 Å². The van der Waals surface area contributed by atoms with Gasteiger partial charge < -0.3 is 25.2 Å². The maximum atomic E-state index is 12.1. The Morgan fingerprint density at radius 3 is 2.67 bits per heavy atom. The number of methoxy groups -OCH3 is 2. The van der Waals surface area contributed by atoms with E-state index < -0.39 is 18.1 Å². The number of rotatable bonds is 6. The molecule has 0 saturated carbocycles. The minimum Gasteiger partial charge on any atom is -0.480 e. The molecule has 0 bridgehead atoms. The van der Waals surface area contributed by atoms with Crippen LogP contribution in [-0.2, 0) is 19.1 Å². The minimum absolute atomic E-state index is 0.246. The third kappa shape index (κ3) is 3.41. The second kappa shape index (κ2) is 6.67. The quantitative estimate of drug-likeness (QED) is 0.638. The molecule has 3 N–H and O–H groups in total. The Bertz CT molecular complexity index is 310. The van der Waals surface area contributed by atoms with Gasteiger partial charge in [-0.1, -0.05) is 0 Å². The summed E-state index contributed by atoms with van der Waals surface area (Å²) in [6.45, 7) is 0.638. The molecule has 0 aromatic carbocycles. The van der Waals surface area contributed by atoms with Crippen LogP contribution in [0.3, 0.4) is 0 Å². The number of carbonyl (C=O) groups is 2. The van der Waals surface area contributed by atoms with E-state index in [9.17, 15) is 9.59 Å². The number of hydrogen-bond acceptors (Lipinski definition) is 5. The van der Waals surface area contributed by atoms with Crippen molar-refractivity contribution < 1.29 is 24.2 Å². The molecule has 0 radical (unpaired) electrons. The molecule has 7 nitrogen and oxygen atoms in total. The molecule has 7 heteroatoms. The van der Waals surface area contributed by atoms with E-state index in [-0.39, 0.29) is 18.6 Å². The first-order valence-electron chi connectivity index (χ1n) is 5.81. The fourth-order valence-electron chi connectivity index (χ4n) is 2.03. The minimum atomic E-state index is -1.03. The van der Waals surface area contributed by atoms with Crippen molar-refractivity contribution >= 4 is 11.9 Å². The zero-order valence-electron chi connectivity index (χ0n) is 10.7. The van der Waals surface area contributed by atoms with Crippen LogP contribution in [0.4, 0.5) is 0 Å². The highest BCUT2D eigenvalue weighted by Gasteiger charge is 2.41. The van der Waals surface area contributed by atoms with Crippen molar-refractivity contribution in [1.82, 2.24) is 4.90 Å². The van der Waals surface area contributed by atoms with Crippen LogP contribution in [0.5, 0.6) is 0 Å². The normalized spacial score (nSPS) is 25.2. The van der Waals surface area contributed by atoms with Crippen LogP contribution in [0.1, 0.15) is 12.8 Å². The van der Waals surface area contributed by atoms with Gasteiger partial charge in [-0.15, -0.1) is 0 Å². The van der Waals surface area contributed by atoms with Crippen molar-refractivity contribution in [3.05, 3.63) is 0 Å². The number of nitrogens with two attached hydrogens (primary N) is 1. The van der Waals surface area contributed by atoms with Gasteiger partial charge in [0.05, 0.1) is 12.1 Å². The van der Waals surface area contributed by atoms with Crippen LogP contribution in [0.25, 0.3) is 0 Å². The topological polar surface area (TPSA) is 102 Å². The van der Waals surface area contributed by atoms with Crippen LogP contribution in [0, 0.1) is 0 Å². The molecule has 104 valence electrons. The highest BCUT2D eigenvalue weighted by atomic mass is 16.5. The molecule has 1 saturated heterocycles. The molecule has 0 aromatic rings. The van der Waals surface area contributed by atoms with Gasteiger partial charge in [-0.3, -0.25) is 4.79 Å². The summed E-state index contributed by atoms with van der Waals surface area (Å²) in [7, 11) is 3.02. The summed E-state index contributed by atoms with van der Waals surface area (Å²) in [5.74, 6) is -1.39. The molecule has 1 aliphatic rings. The molecule has 1 amide bonds. The first kappa shape index (κ1) is 14.9. The molecule has 3 unspecified atom stereocenters. The number of hydrogen-bond donors (Lipinski definition) is 2. The van der Waals surface area contributed by atoms with Crippen LogP contribution in [-0.4, -0.2) is 67.4 Å². The maximum absolute atomic E-state index is 12.1. The Balaban J connectivity index is 2.67. The lowest BCUT2D eigenvalue weighted by molar-refractivity contribution is -0.148. The molecule has 1 rings (SSSR count). The van der Waals surface area contributed by atoms with Crippen molar-refractivity contribution in [2.45, 2.75) is 31.0 Å². The third-order valence-electron chi connectivity index (χ3n) is 3.11.